The average Bonchev–Trinajstić information content (AvgIpc) is 2.85. The quantitative estimate of drug-likeness (QED) is 0.847. The number of carbonyl (C=O) groups is 2. The first kappa shape index (κ1) is 17.4. The fourth-order valence-electron chi connectivity index (χ4n) is 3.86. The van der Waals surface area contributed by atoms with Crippen LogP contribution in [0.2, 0.25) is 0 Å². The van der Waals surface area contributed by atoms with Crippen LogP contribution in [0.1, 0.15) is 52.2 Å². The molecule has 1 atom stereocenters. The van der Waals surface area contributed by atoms with Gasteiger partial charge in [0.15, 0.2) is 0 Å². The smallest absolute Gasteiger partial charge is 0.313 e. The van der Waals surface area contributed by atoms with E-state index in [9.17, 15) is 14.7 Å². The van der Waals surface area contributed by atoms with Crippen molar-refractivity contribution in [2.45, 2.75) is 44.9 Å². The first-order valence-corrected chi connectivity index (χ1v) is 9.50. The van der Waals surface area contributed by atoms with Gasteiger partial charge in [-0.2, -0.15) is 0 Å². The summed E-state index contributed by atoms with van der Waals surface area (Å²) in [6, 6.07) is 2.04. The van der Waals surface area contributed by atoms with Crippen LogP contribution in [0.25, 0.3) is 0 Å². The van der Waals surface area contributed by atoms with Crippen molar-refractivity contribution in [2.75, 3.05) is 26.8 Å². The van der Waals surface area contributed by atoms with Crippen LogP contribution in [0.3, 0.4) is 0 Å². The summed E-state index contributed by atoms with van der Waals surface area (Å²) in [7, 11) is 1.52. The van der Waals surface area contributed by atoms with Gasteiger partial charge in [0.05, 0.1) is 11.5 Å². The Balaban J connectivity index is 1.78. The molecule has 1 aliphatic carbocycles. The van der Waals surface area contributed by atoms with E-state index in [1.54, 1.807) is 16.2 Å². The van der Waals surface area contributed by atoms with E-state index < -0.39 is 11.4 Å². The Bertz CT molecular complexity index is 599. The number of amides is 1. The highest BCUT2D eigenvalue weighted by atomic mass is 32.1. The number of rotatable bonds is 4. The molecule has 0 saturated carbocycles. The monoisotopic (exact) mass is 351 g/mol. The number of likely N-dealkylation sites (tertiary alicyclic amines) is 1. The van der Waals surface area contributed by atoms with Crippen LogP contribution < -0.4 is 0 Å². The minimum atomic E-state index is -0.975. The molecule has 1 aromatic rings. The normalized spacial score (nSPS) is 24.3. The topological polar surface area (TPSA) is 66.8 Å². The maximum Gasteiger partial charge on any atom is 0.313 e. The molecule has 0 bridgehead atoms. The van der Waals surface area contributed by atoms with E-state index in [4.69, 9.17) is 4.74 Å². The summed E-state index contributed by atoms with van der Waals surface area (Å²) >= 11 is 1.60. The summed E-state index contributed by atoms with van der Waals surface area (Å²) in [5.41, 5.74) is 0.344. The Morgan fingerprint density at radius 2 is 2.08 bits per heavy atom. The molecule has 1 saturated heterocycles. The molecule has 0 spiro atoms. The second-order valence-electron chi connectivity index (χ2n) is 6.97. The molecule has 24 heavy (non-hydrogen) atoms. The number of carboxylic acids is 1. The third-order valence-corrected chi connectivity index (χ3v) is 6.42. The van der Waals surface area contributed by atoms with Crippen molar-refractivity contribution >= 4 is 23.2 Å². The second kappa shape index (κ2) is 7.23. The van der Waals surface area contributed by atoms with Crippen LogP contribution in [-0.4, -0.2) is 48.7 Å². The number of piperidine rings is 1. The highest BCUT2D eigenvalue weighted by molar-refractivity contribution is 7.14. The standard InChI is InChI=1S/C18H25NO4S/c1-23-12-18(17(21)22)8-5-9-19(11-18)16(20)15-10-13-6-3-2-4-7-14(13)24-15/h10H,2-9,11-12H2,1H3,(H,21,22). The van der Waals surface area contributed by atoms with Crippen LogP contribution in [0.15, 0.2) is 6.07 Å². The van der Waals surface area contributed by atoms with Crippen molar-refractivity contribution in [3.05, 3.63) is 21.4 Å². The van der Waals surface area contributed by atoms with Crippen molar-refractivity contribution in [1.82, 2.24) is 4.90 Å². The zero-order chi connectivity index (χ0) is 17.2. The number of ether oxygens (including phenoxy) is 1. The third kappa shape index (κ3) is 3.35. The zero-order valence-corrected chi connectivity index (χ0v) is 15.0. The van der Waals surface area contributed by atoms with E-state index in [0.29, 0.717) is 19.4 Å². The van der Waals surface area contributed by atoms with E-state index in [-0.39, 0.29) is 19.1 Å². The van der Waals surface area contributed by atoms with Gasteiger partial charge >= 0.3 is 5.97 Å². The lowest BCUT2D eigenvalue weighted by Gasteiger charge is -2.39. The predicted molar refractivity (Wildman–Crippen MR) is 92.7 cm³/mol. The maximum atomic E-state index is 12.9. The molecule has 3 rings (SSSR count). The molecule has 6 heteroatoms. The third-order valence-electron chi connectivity index (χ3n) is 5.20. The molecular formula is C18H25NO4S. The molecule has 5 nitrogen and oxygen atoms in total. The Morgan fingerprint density at radius 3 is 2.83 bits per heavy atom. The van der Waals surface area contributed by atoms with Gasteiger partial charge in [0.2, 0.25) is 0 Å². The molecular weight excluding hydrogens is 326 g/mol. The number of carboxylic acid groups (broad SMARTS) is 1. The molecule has 1 unspecified atom stereocenters. The van der Waals surface area contributed by atoms with Crippen molar-refractivity contribution in [1.29, 1.82) is 0 Å². The van der Waals surface area contributed by atoms with Gasteiger partial charge in [0, 0.05) is 25.1 Å². The predicted octanol–water partition coefficient (Wildman–Crippen LogP) is 2.97. The number of nitrogens with zero attached hydrogens (tertiary/aromatic N) is 1. The number of methoxy groups -OCH3 is 1. The van der Waals surface area contributed by atoms with Crippen molar-refractivity contribution < 1.29 is 19.4 Å². The Morgan fingerprint density at radius 1 is 1.29 bits per heavy atom. The van der Waals surface area contributed by atoms with Gasteiger partial charge in [-0.15, -0.1) is 11.3 Å². The minimum absolute atomic E-state index is 0.0190. The van der Waals surface area contributed by atoms with Gasteiger partial charge < -0.3 is 14.7 Å². The minimum Gasteiger partial charge on any atom is -0.481 e. The fraction of sp³-hybridized carbons (Fsp3) is 0.667. The highest BCUT2D eigenvalue weighted by Crippen LogP contribution is 2.34. The van der Waals surface area contributed by atoms with Gasteiger partial charge in [0.25, 0.3) is 5.91 Å². The van der Waals surface area contributed by atoms with Gasteiger partial charge in [0.1, 0.15) is 5.41 Å². The molecule has 0 aromatic carbocycles. The Hall–Kier alpha value is -1.40. The number of aliphatic carboxylic acids is 1. The fourth-order valence-corrected chi connectivity index (χ4v) is 5.09. The SMILES string of the molecule is COCC1(C(=O)O)CCCN(C(=O)c2cc3c(s2)CCCCC3)C1. The summed E-state index contributed by atoms with van der Waals surface area (Å²) in [6.45, 7) is 1.00. The van der Waals surface area contributed by atoms with Gasteiger partial charge in [-0.1, -0.05) is 6.42 Å². The first-order valence-electron chi connectivity index (χ1n) is 8.69. The molecule has 1 N–H and O–H groups in total. The largest absolute Gasteiger partial charge is 0.481 e. The van der Waals surface area contributed by atoms with Crippen LogP contribution >= 0.6 is 11.3 Å². The van der Waals surface area contributed by atoms with E-state index in [1.165, 1.54) is 36.8 Å². The molecule has 2 aliphatic rings. The number of hydrogen-bond donors (Lipinski definition) is 1. The van der Waals surface area contributed by atoms with E-state index in [0.717, 1.165) is 17.7 Å². The molecule has 0 radical (unpaired) electrons. The lowest BCUT2D eigenvalue weighted by Crippen LogP contribution is -2.52. The number of thiophene rings is 1. The molecule has 1 fully saturated rings. The zero-order valence-electron chi connectivity index (χ0n) is 14.2. The lowest BCUT2D eigenvalue weighted by atomic mass is 9.80. The maximum absolute atomic E-state index is 12.9. The summed E-state index contributed by atoms with van der Waals surface area (Å²) in [5, 5.41) is 9.64. The number of carbonyl (C=O) groups excluding carboxylic acids is 1. The summed E-state index contributed by atoms with van der Waals surface area (Å²) in [4.78, 5) is 28.5. The van der Waals surface area contributed by atoms with Crippen molar-refractivity contribution in [2.24, 2.45) is 5.41 Å². The van der Waals surface area contributed by atoms with E-state index >= 15 is 0 Å². The van der Waals surface area contributed by atoms with Crippen molar-refractivity contribution in [3.63, 3.8) is 0 Å². The first-order chi connectivity index (χ1) is 11.6. The number of hydrogen-bond acceptors (Lipinski definition) is 4. The van der Waals surface area contributed by atoms with E-state index in [2.05, 4.69) is 0 Å². The Labute approximate surface area is 146 Å². The lowest BCUT2D eigenvalue weighted by molar-refractivity contribution is -0.155. The summed E-state index contributed by atoms with van der Waals surface area (Å²) in [5.74, 6) is -0.890. The highest BCUT2D eigenvalue weighted by Gasteiger charge is 2.44. The average molecular weight is 351 g/mol. The van der Waals surface area contributed by atoms with Gasteiger partial charge in [-0.05, 0) is 50.2 Å². The molecule has 2 heterocycles. The number of fused-ring (bicyclic) bond motifs is 1. The van der Waals surface area contributed by atoms with Crippen molar-refractivity contribution in [3.8, 4) is 0 Å². The molecule has 132 valence electrons. The van der Waals surface area contributed by atoms with Crippen LogP contribution in [0, 0.1) is 5.41 Å². The number of aryl methyl sites for hydroxylation is 2. The molecule has 1 amide bonds. The van der Waals surface area contributed by atoms with Crippen LogP contribution in [0.5, 0.6) is 0 Å². The van der Waals surface area contributed by atoms with Gasteiger partial charge in [-0.25, -0.2) is 0 Å². The molecule has 1 aromatic heterocycles. The summed E-state index contributed by atoms with van der Waals surface area (Å²) < 4.78 is 5.14. The second-order valence-corrected chi connectivity index (χ2v) is 8.11. The summed E-state index contributed by atoms with van der Waals surface area (Å²) in [6.07, 6.45) is 7.03. The molecule has 1 aliphatic heterocycles. The van der Waals surface area contributed by atoms with E-state index in [1.807, 2.05) is 6.07 Å². The van der Waals surface area contributed by atoms with Crippen LogP contribution in [-0.2, 0) is 22.4 Å². The van der Waals surface area contributed by atoms with Gasteiger partial charge in [-0.3, -0.25) is 9.59 Å². The van der Waals surface area contributed by atoms with Crippen LogP contribution in [0.4, 0.5) is 0 Å². The Kier molecular flexibility index (Phi) is 5.25.